The highest BCUT2D eigenvalue weighted by Crippen LogP contribution is 2.45. The third-order valence-corrected chi connectivity index (χ3v) is 13.8. The number of rotatable bonds is 8. The number of aromatic nitrogens is 3. The largest absolute Gasteiger partial charge is 0.310 e. The van der Waals surface area contributed by atoms with Crippen molar-refractivity contribution in [2.24, 2.45) is 0 Å². The molecule has 13 aromatic rings. The summed E-state index contributed by atoms with van der Waals surface area (Å²) in [6.45, 7) is 0. The zero-order chi connectivity index (χ0) is 42.8. The summed E-state index contributed by atoms with van der Waals surface area (Å²) in [6.07, 6.45) is 2.03. The van der Waals surface area contributed by atoms with Gasteiger partial charge in [0.2, 0.25) is 0 Å². The topological polar surface area (TPSA) is 29.2 Å². The summed E-state index contributed by atoms with van der Waals surface area (Å²) >= 11 is 1.79. The Balaban J connectivity index is 0.949. The Morgan fingerprint density at radius 2 is 0.708 bits per heavy atom. The first-order valence-corrected chi connectivity index (χ1v) is 22.8. The van der Waals surface area contributed by atoms with E-state index in [1.807, 2.05) is 6.20 Å². The zero-order valence-corrected chi connectivity index (χ0v) is 36.0. The first-order valence-electron chi connectivity index (χ1n) is 22.0. The second-order valence-electron chi connectivity index (χ2n) is 16.4. The van der Waals surface area contributed by atoms with E-state index in [1.165, 1.54) is 42.8 Å². The van der Waals surface area contributed by atoms with Gasteiger partial charge in [0.25, 0.3) is 0 Å². The van der Waals surface area contributed by atoms with E-state index in [4.69, 9.17) is 4.98 Å². The van der Waals surface area contributed by atoms with Crippen molar-refractivity contribution >= 4 is 109 Å². The van der Waals surface area contributed by atoms with Crippen molar-refractivity contribution in [3.8, 4) is 11.4 Å². The monoisotopic (exact) mass is 849 g/mol. The molecule has 0 aliphatic heterocycles. The number of anilines is 6. The highest BCUT2D eigenvalue weighted by Gasteiger charge is 2.21. The van der Waals surface area contributed by atoms with E-state index in [-0.39, 0.29) is 0 Å². The standard InChI is InChI=1S/C59H39N5S/c1-5-17-40(18-6-1)61(44-29-32-50-48-25-13-15-27-53(48)63(55(50)35-44)42-21-9-3-10-22-42)46-31-34-52-57(37-46)65-58-38-47(39-60-59(52)58)62(41-19-7-2-8-20-41)45-30-33-51-49-26-14-16-28-54(49)64(56(51)36-45)43-23-11-4-12-24-43/h1-39H. The number of nitrogens with zero attached hydrogens (tertiary/aromatic N) is 5. The highest BCUT2D eigenvalue weighted by atomic mass is 32.1. The third-order valence-electron chi connectivity index (χ3n) is 12.7. The zero-order valence-electron chi connectivity index (χ0n) is 35.2. The minimum absolute atomic E-state index is 1.00. The number of thiophene rings is 1. The van der Waals surface area contributed by atoms with Crippen molar-refractivity contribution in [1.82, 2.24) is 14.1 Å². The molecule has 0 aliphatic rings. The van der Waals surface area contributed by atoms with Gasteiger partial charge in [0.05, 0.1) is 44.2 Å². The Hall–Kier alpha value is -8.45. The molecule has 13 rings (SSSR count). The quantitative estimate of drug-likeness (QED) is 0.153. The van der Waals surface area contributed by atoms with Gasteiger partial charge in [-0.05, 0) is 109 Å². The predicted molar refractivity (Wildman–Crippen MR) is 275 cm³/mol. The second kappa shape index (κ2) is 15.1. The van der Waals surface area contributed by atoms with E-state index in [0.29, 0.717) is 0 Å². The molecule has 0 amide bonds. The Morgan fingerprint density at radius 3 is 1.23 bits per heavy atom. The summed E-state index contributed by atoms with van der Waals surface area (Å²) in [7, 11) is 0. The molecule has 65 heavy (non-hydrogen) atoms. The summed E-state index contributed by atoms with van der Waals surface area (Å²) in [5.41, 5.74) is 14.4. The Bertz CT molecular complexity index is 3640. The van der Waals surface area contributed by atoms with Crippen LogP contribution in [0, 0.1) is 0 Å². The maximum atomic E-state index is 5.23. The fraction of sp³-hybridized carbons (Fsp3) is 0. The van der Waals surface area contributed by atoms with E-state index in [1.54, 1.807) is 11.3 Å². The van der Waals surface area contributed by atoms with Crippen LogP contribution >= 0.6 is 11.3 Å². The lowest BCUT2D eigenvalue weighted by Gasteiger charge is -2.26. The van der Waals surface area contributed by atoms with Gasteiger partial charge in [-0.25, -0.2) is 0 Å². The number of hydrogen-bond acceptors (Lipinski definition) is 4. The molecule has 0 fully saturated rings. The predicted octanol–water partition coefficient (Wildman–Crippen LogP) is 16.6. The van der Waals surface area contributed by atoms with Crippen molar-refractivity contribution < 1.29 is 0 Å². The van der Waals surface area contributed by atoms with Crippen LogP contribution in [0.4, 0.5) is 34.1 Å². The van der Waals surface area contributed by atoms with E-state index < -0.39 is 0 Å². The lowest BCUT2D eigenvalue weighted by molar-refractivity contribution is 1.18. The van der Waals surface area contributed by atoms with Crippen LogP contribution in [0.3, 0.4) is 0 Å². The summed E-state index contributed by atoms with van der Waals surface area (Å²) in [6, 6.07) is 82.9. The van der Waals surface area contributed by atoms with E-state index in [2.05, 4.69) is 249 Å². The van der Waals surface area contributed by atoms with Crippen molar-refractivity contribution in [3.05, 3.63) is 237 Å². The van der Waals surface area contributed by atoms with Crippen LogP contribution in [-0.4, -0.2) is 14.1 Å². The van der Waals surface area contributed by atoms with Crippen molar-refractivity contribution in [2.75, 3.05) is 9.80 Å². The van der Waals surface area contributed by atoms with Crippen LogP contribution in [0.5, 0.6) is 0 Å². The summed E-state index contributed by atoms with van der Waals surface area (Å²) in [5.74, 6) is 0. The van der Waals surface area contributed by atoms with Crippen LogP contribution < -0.4 is 9.80 Å². The maximum Gasteiger partial charge on any atom is 0.0890 e. The molecule has 5 nitrogen and oxygen atoms in total. The molecule has 306 valence electrons. The van der Waals surface area contributed by atoms with Crippen molar-refractivity contribution in [2.45, 2.75) is 0 Å². The van der Waals surface area contributed by atoms with Gasteiger partial charge in [-0.1, -0.05) is 121 Å². The SMILES string of the molecule is c1ccc(N(c2ccc3c(c2)sc2cc(N(c4ccccc4)c4ccc5c6ccccc6n(-c6ccccc6)c5c4)cnc23)c2ccc3c4ccccc4n(-c4ccccc4)c3c2)cc1. The maximum absolute atomic E-state index is 5.23. The minimum atomic E-state index is 1.00. The lowest BCUT2D eigenvalue weighted by Crippen LogP contribution is -2.10. The van der Waals surface area contributed by atoms with Crippen molar-refractivity contribution in [3.63, 3.8) is 0 Å². The number of benzene rings is 9. The van der Waals surface area contributed by atoms with Crippen LogP contribution in [0.25, 0.3) is 75.3 Å². The van der Waals surface area contributed by atoms with Gasteiger partial charge >= 0.3 is 0 Å². The van der Waals surface area contributed by atoms with E-state index in [0.717, 1.165) is 66.6 Å². The molecule has 0 atom stereocenters. The van der Waals surface area contributed by atoms with Gasteiger partial charge in [0.15, 0.2) is 0 Å². The molecular formula is C59H39N5S. The van der Waals surface area contributed by atoms with E-state index in [9.17, 15) is 0 Å². The first kappa shape index (κ1) is 37.1. The van der Waals surface area contributed by atoms with Gasteiger partial charge in [-0.3, -0.25) is 4.98 Å². The lowest BCUT2D eigenvalue weighted by atomic mass is 10.1. The Kier molecular flexibility index (Phi) is 8.64. The summed E-state index contributed by atoms with van der Waals surface area (Å²) < 4.78 is 7.08. The summed E-state index contributed by atoms with van der Waals surface area (Å²) in [4.78, 5) is 9.94. The Labute approximate surface area is 379 Å². The van der Waals surface area contributed by atoms with Crippen molar-refractivity contribution in [1.29, 1.82) is 0 Å². The molecule has 4 aromatic heterocycles. The van der Waals surface area contributed by atoms with Crippen LogP contribution in [0.1, 0.15) is 0 Å². The summed E-state index contributed by atoms with van der Waals surface area (Å²) in [5, 5.41) is 6.07. The second-order valence-corrected chi connectivity index (χ2v) is 17.5. The number of para-hydroxylation sites is 6. The molecule has 0 radical (unpaired) electrons. The van der Waals surface area contributed by atoms with Crippen LogP contribution in [-0.2, 0) is 0 Å². The average molecular weight is 850 g/mol. The van der Waals surface area contributed by atoms with Gasteiger partial charge in [0, 0.05) is 71.4 Å². The average Bonchev–Trinajstić information content (AvgIpc) is 4.02. The molecule has 0 spiro atoms. The Morgan fingerprint density at radius 1 is 0.308 bits per heavy atom. The normalized spacial score (nSPS) is 11.7. The van der Waals surface area contributed by atoms with Gasteiger partial charge in [-0.2, -0.15) is 0 Å². The molecule has 0 unspecified atom stereocenters. The molecule has 4 heterocycles. The third kappa shape index (κ3) is 6.10. The number of pyridine rings is 1. The molecule has 0 bridgehead atoms. The molecule has 0 aliphatic carbocycles. The van der Waals surface area contributed by atoms with Gasteiger partial charge < -0.3 is 18.9 Å². The molecule has 0 saturated carbocycles. The first-order chi connectivity index (χ1) is 32.2. The van der Waals surface area contributed by atoms with E-state index >= 15 is 0 Å². The molecule has 9 aromatic carbocycles. The van der Waals surface area contributed by atoms with Crippen LogP contribution in [0.15, 0.2) is 237 Å². The fourth-order valence-electron chi connectivity index (χ4n) is 9.84. The van der Waals surface area contributed by atoms with Gasteiger partial charge in [0.1, 0.15) is 0 Å². The molecule has 0 saturated heterocycles. The van der Waals surface area contributed by atoms with Gasteiger partial charge in [-0.15, -0.1) is 11.3 Å². The smallest absolute Gasteiger partial charge is 0.0890 e. The molecular weight excluding hydrogens is 811 g/mol. The van der Waals surface area contributed by atoms with Crippen LogP contribution in [0.2, 0.25) is 0 Å². The number of fused-ring (bicyclic) bond motifs is 9. The molecule has 0 N–H and O–H groups in total. The highest BCUT2D eigenvalue weighted by molar-refractivity contribution is 7.25. The number of hydrogen-bond donors (Lipinski definition) is 0. The fourth-order valence-corrected chi connectivity index (χ4v) is 11.0. The minimum Gasteiger partial charge on any atom is -0.310 e. The molecule has 6 heteroatoms.